The van der Waals surface area contributed by atoms with Crippen LogP contribution in [0.15, 0.2) is 96.2 Å². The van der Waals surface area contributed by atoms with Crippen molar-refractivity contribution in [3.8, 4) is 0 Å². The third kappa shape index (κ3) is 4.60. The lowest BCUT2D eigenvalue weighted by Gasteiger charge is -2.19. The summed E-state index contributed by atoms with van der Waals surface area (Å²) in [7, 11) is 0. The van der Waals surface area contributed by atoms with Crippen LogP contribution in [0.2, 0.25) is 0 Å². The van der Waals surface area contributed by atoms with Crippen molar-refractivity contribution >= 4 is 17.7 Å². The Kier molecular flexibility index (Phi) is 6.25. The van der Waals surface area contributed by atoms with Crippen LogP contribution < -0.4 is 5.43 Å². The SMILES string of the molecule is Cc1nnc(SCc2ccccc2)n1NC(=O)C(c1ccccc1)c1ccccc1. The standard InChI is InChI=1S/C24H22N4OS/c1-18-25-26-24(30-17-19-11-5-2-6-12-19)28(18)27-23(29)22(20-13-7-3-8-14-20)21-15-9-4-10-16-21/h2-16,22H,17H2,1H3,(H,27,29). The van der Waals surface area contributed by atoms with Gasteiger partial charge < -0.3 is 0 Å². The number of thioether (sulfide) groups is 1. The number of carbonyl (C=O) groups excluding carboxylic acids is 1. The van der Waals surface area contributed by atoms with Crippen LogP contribution in [0.5, 0.6) is 0 Å². The maximum atomic E-state index is 13.4. The summed E-state index contributed by atoms with van der Waals surface area (Å²) < 4.78 is 1.68. The van der Waals surface area contributed by atoms with E-state index >= 15 is 0 Å². The summed E-state index contributed by atoms with van der Waals surface area (Å²) in [5.74, 6) is 0.826. The van der Waals surface area contributed by atoms with E-state index in [9.17, 15) is 4.79 Å². The van der Waals surface area contributed by atoms with E-state index in [0.29, 0.717) is 11.0 Å². The third-order valence-electron chi connectivity index (χ3n) is 4.76. The monoisotopic (exact) mass is 414 g/mol. The molecule has 0 unspecified atom stereocenters. The second-order valence-electron chi connectivity index (χ2n) is 6.87. The number of nitrogens with zero attached hydrogens (tertiary/aromatic N) is 3. The number of nitrogens with one attached hydrogen (secondary N) is 1. The molecule has 4 aromatic rings. The topological polar surface area (TPSA) is 59.8 Å². The number of aromatic nitrogens is 3. The minimum atomic E-state index is -0.429. The van der Waals surface area contributed by atoms with Crippen LogP contribution in [0.4, 0.5) is 0 Å². The highest BCUT2D eigenvalue weighted by Crippen LogP contribution is 2.26. The zero-order valence-electron chi connectivity index (χ0n) is 16.6. The van der Waals surface area contributed by atoms with Crippen molar-refractivity contribution in [1.29, 1.82) is 0 Å². The first-order chi connectivity index (χ1) is 14.7. The van der Waals surface area contributed by atoms with Crippen molar-refractivity contribution in [2.75, 3.05) is 5.43 Å². The molecule has 0 spiro atoms. The maximum Gasteiger partial charge on any atom is 0.250 e. The zero-order chi connectivity index (χ0) is 20.8. The lowest BCUT2D eigenvalue weighted by Crippen LogP contribution is -2.30. The van der Waals surface area contributed by atoms with Gasteiger partial charge in [-0.3, -0.25) is 10.2 Å². The van der Waals surface area contributed by atoms with Crippen LogP contribution in [0, 0.1) is 6.92 Å². The highest BCUT2D eigenvalue weighted by atomic mass is 32.2. The number of carbonyl (C=O) groups is 1. The Hall–Kier alpha value is -3.38. The van der Waals surface area contributed by atoms with Gasteiger partial charge in [-0.1, -0.05) is 103 Å². The Morgan fingerprint density at radius 2 is 1.40 bits per heavy atom. The van der Waals surface area contributed by atoms with E-state index in [1.165, 1.54) is 5.56 Å². The molecule has 0 aliphatic rings. The molecule has 3 aromatic carbocycles. The summed E-state index contributed by atoms with van der Waals surface area (Å²) in [5.41, 5.74) is 6.08. The summed E-state index contributed by atoms with van der Waals surface area (Å²) in [6.45, 7) is 1.83. The van der Waals surface area contributed by atoms with Gasteiger partial charge in [-0.15, -0.1) is 10.2 Å². The van der Waals surface area contributed by atoms with Gasteiger partial charge in [0.2, 0.25) is 5.16 Å². The van der Waals surface area contributed by atoms with Gasteiger partial charge >= 0.3 is 0 Å². The molecule has 6 heteroatoms. The largest absolute Gasteiger partial charge is 0.272 e. The summed E-state index contributed by atoms with van der Waals surface area (Å²) in [5, 5.41) is 9.07. The van der Waals surface area contributed by atoms with Crippen LogP contribution in [-0.4, -0.2) is 20.8 Å². The molecule has 0 aliphatic heterocycles. The molecule has 1 aromatic heterocycles. The number of rotatable bonds is 7. The number of hydrogen-bond donors (Lipinski definition) is 1. The maximum absolute atomic E-state index is 13.4. The van der Waals surface area contributed by atoms with E-state index in [0.717, 1.165) is 16.9 Å². The fourth-order valence-corrected chi connectivity index (χ4v) is 4.14. The number of benzene rings is 3. The normalized spacial score (nSPS) is 10.9. The van der Waals surface area contributed by atoms with Gasteiger partial charge in [-0.25, -0.2) is 4.68 Å². The van der Waals surface area contributed by atoms with Gasteiger partial charge in [0.1, 0.15) is 5.82 Å². The molecule has 0 radical (unpaired) electrons. The molecule has 30 heavy (non-hydrogen) atoms. The van der Waals surface area contributed by atoms with Crippen molar-refractivity contribution in [2.24, 2.45) is 0 Å². The van der Waals surface area contributed by atoms with Gasteiger partial charge in [0.15, 0.2) is 0 Å². The Balaban J connectivity index is 1.58. The smallest absolute Gasteiger partial charge is 0.250 e. The molecular weight excluding hydrogens is 392 g/mol. The predicted octanol–water partition coefficient (Wildman–Crippen LogP) is 4.78. The highest BCUT2D eigenvalue weighted by molar-refractivity contribution is 7.98. The molecule has 150 valence electrons. The van der Waals surface area contributed by atoms with Gasteiger partial charge in [-0.05, 0) is 23.6 Å². The van der Waals surface area contributed by atoms with Crippen molar-refractivity contribution < 1.29 is 4.79 Å². The molecular formula is C24H22N4OS. The summed E-state index contributed by atoms with van der Waals surface area (Å²) >= 11 is 1.54. The van der Waals surface area contributed by atoms with Gasteiger partial charge in [0.25, 0.3) is 5.91 Å². The highest BCUT2D eigenvalue weighted by Gasteiger charge is 2.24. The van der Waals surface area contributed by atoms with Crippen molar-refractivity contribution in [3.63, 3.8) is 0 Å². The first-order valence-corrected chi connectivity index (χ1v) is 10.7. The predicted molar refractivity (Wildman–Crippen MR) is 120 cm³/mol. The van der Waals surface area contributed by atoms with Crippen LogP contribution in [-0.2, 0) is 10.5 Å². The summed E-state index contributed by atoms with van der Waals surface area (Å²) in [4.78, 5) is 13.4. The fraction of sp³-hybridized carbons (Fsp3) is 0.125. The van der Waals surface area contributed by atoms with Crippen LogP contribution in [0.25, 0.3) is 0 Å². The molecule has 0 saturated carbocycles. The molecule has 1 heterocycles. The molecule has 0 aliphatic carbocycles. The number of amides is 1. The number of aryl methyl sites for hydroxylation is 1. The van der Waals surface area contributed by atoms with Crippen LogP contribution >= 0.6 is 11.8 Å². The van der Waals surface area contributed by atoms with Crippen LogP contribution in [0.3, 0.4) is 0 Å². The van der Waals surface area contributed by atoms with E-state index < -0.39 is 5.92 Å². The number of hydrogen-bond acceptors (Lipinski definition) is 4. The molecule has 0 bridgehead atoms. The van der Waals surface area contributed by atoms with E-state index in [1.54, 1.807) is 16.4 Å². The average molecular weight is 415 g/mol. The Morgan fingerprint density at radius 3 is 1.97 bits per heavy atom. The molecule has 1 amide bonds. The van der Waals surface area contributed by atoms with Crippen molar-refractivity contribution in [1.82, 2.24) is 14.9 Å². The van der Waals surface area contributed by atoms with Gasteiger partial charge in [0.05, 0.1) is 5.92 Å². The fourth-order valence-electron chi connectivity index (χ4n) is 3.25. The van der Waals surface area contributed by atoms with E-state index in [4.69, 9.17) is 0 Å². The molecule has 0 atom stereocenters. The van der Waals surface area contributed by atoms with Crippen LogP contribution in [0.1, 0.15) is 28.4 Å². The molecule has 0 saturated heterocycles. The molecule has 1 N–H and O–H groups in total. The van der Waals surface area contributed by atoms with Crippen molar-refractivity contribution in [3.05, 3.63) is 114 Å². The molecule has 5 nitrogen and oxygen atoms in total. The van der Waals surface area contributed by atoms with E-state index in [1.807, 2.05) is 85.8 Å². The zero-order valence-corrected chi connectivity index (χ0v) is 17.4. The van der Waals surface area contributed by atoms with Crippen molar-refractivity contribution in [2.45, 2.75) is 23.8 Å². The molecule has 4 rings (SSSR count). The molecule has 0 fully saturated rings. The Morgan fingerprint density at radius 1 is 0.867 bits per heavy atom. The van der Waals surface area contributed by atoms with E-state index in [-0.39, 0.29) is 5.91 Å². The first-order valence-electron chi connectivity index (χ1n) is 9.72. The average Bonchev–Trinajstić information content (AvgIpc) is 3.14. The van der Waals surface area contributed by atoms with Gasteiger partial charge in [-0.2, -0.15) is 0 Å². The third-order valence-corrected chi connectivity index (χ3v) is 5.76. The second-order valence-corrected chi connectivity index (χ2v) is 7.81. The Labute approximate surface area is 180 Å². The lowest BCUT2D eigenvalue weighted by molar-refractivity contribution is -0.117. The minimum Gasteiger partial charge on any atom is -0.272 e. The lowest BCUT2D eigenvalue weighted by atomic mass is 9.91. The minimum absolute atomic E-state index is 0.128. The van der Waals surface area contributed by atoms with E-state index in [2.05, 4.69) is 27.8 Å². The second kappa shape index (κ2) is 9.41. The van der Waals surface area contributed by atoms with Gasteiger partial charge in [0, 0.05) is 5.75 Å². The summed E-state index contributed by atoms with van der Waals surface area (Å²) in [6, 6.07) is 29.7. The summed E-state index contributed by atoms with van der Waals surface area (Å²) in [6.07, 6.45) is 0. The quantitative estimate of drug-likeness (QED) is 0.442. The Bertz CT molecular complexity index is 1060. The first kappa shape index (κ1) is 19.9.